The lowest BCUT2D eigenvalue weighted by Gasteiger charge is -2.17. The molecule has 3 amide bonds. The molecule has 0 saturated carbocycles. The largest absolute Gasteiger partial charge is 0.382 e. The molecular formula is C28H27ClN8O2. The molecule has 1 atom stereocenters. The maximum Gasteiger partial charge on any atom is 0.315 e. The lowest BCUT2D eigenvalue weighted by atomic mass is 10.0. The molecule has 39 heavy (non-hydrogen) atoms. The van der Waals surface area contributed by atoms with Crippen LogP contribution in [0.1, 0.15) is 39.8 Å². The maximum absolute atomic E-state index is 12.9. The molecule has 0 aliphatic heterocycles. The number of nitrogens with one attached hydrogen (secondary N) is 4. The minimum atomic E-state index is -0.525. The Labute approximate surface area is 229 Å². The van der Waals surface area contributed by atoms with Gasteiger partial charge < -0.3 is 27.1 Å². The molecule has 198 valence electrons. The van der Waals surface area contributed by atoms with E-state index in [9.17, 15) is 9.59 Å². The number of rotatable bonds is 9. The summed E-state index contributed by atoms with van der Waals surface area (Å²) in [5.41, 5.74) is 15.6. The molecule has 2 heterocycles. The molecule has 0 radical (unpaired) electrons. The number of aromatic nitrogens is 4. The topological polar surface area (TPSA) is 168 Å². The van der Waals surface area contributed by atoms with Gasteiger partial charge in [-0.1, -0.05) is 60.1 Å². The predicted molar refractivity (Wildman–Crippen MR) is 151 cm³/mol. The normalized spacial score (nSPS) is 11.8. The quantitative estimate of drug-likeness (QED) is 0.161. The fraction of sp³-hybridized carbons (Fsp3) is 0.143. The molecule has 0 spiro atoms. The van der Waals surface area contributed by atoms with E-state index in [1.165, 1.54) is 0 Å². The van der Waals surface area contributed by atoms with Gasteiger partial charge in [-0.3, -0.25) is 9.89 Å². The third kappa shape index (κ3) is 6.02. The molecule has 2 aromatic heterocycles. The zero-order valence-electron chi connectivity index (χ0n) is 20.9. The molecule has 0 fully saturated rings. The van der Waals surface area contributed by atoms with Crippen molar-refractivity contribution in [1.29, 1.82) is 0 Å². The van der Waals surface area contributed by atoms with Crippen LogP contribution >= 0.6 is 11.6 Å². The van der Waals surface area contributed by atoms with Crippen LogP contribution in [0, 0.1) is 0 Å². The standard InChI is InChI=1S/C28H27ClN8O2/c29-24-23(18-10-11-20-22(14-18)36-37-25(20)30)34-27(35-24)21(12-9-16-5-2-1-3-6-16)33-28(39)32-15-17-7-4-8-19(13-17)26(31)38/h1-8,10-11,13-14,21H,9,12,15H2,(H2,31,38)(H,34,35)(H3,30,36,37)(H2,32,33,39)/t21-/m0/s1. The minimum absolute atomic E-state index is 0.218. The van der Waals surface area contributed by atoms with Crippen LogP contribution < -0.4 is 22.1 Å². The fourth-order valence-corrected chi connectivity index (χ4v) is 4.62. The Balaban J connectivity index is 1.35. The Morgan fingerprint density at radius 2 is 1.79 bits per heavy atom. The van der Waals surface area contributed by atoms with Crippen molar-refractivity contribution in [3.8, 4) is 11.3 Å². The number of nitrogens with zero attached hydrogens (tertiary/aromatic N) is 2. The van der Waals surface area contributed by atoms with Crippen molar-refractivity contribution in [2.45, 2.75) is 25.4 Å². The van der Waals surface area contributed by atoms with Gasteiger partial charge in [-0.15, -0.1) is 0 Å². The second kappa shape index (κ2) is 11.3. The van der Waals surface area contributed by atoms with Crippen molar-refractivity contribution in [3.63, 3.8) is 0 Å². The number of aromatic amines is 2. The zero-order chi connectivity index (χ0) is 27.4. The number of hydrogen-bond donors (Lipinski definition) is 6. The highest BCUT2D eigenvalue weighted by Crippen LogP contribution is 2.31. The van der Waals surface area contributed by atoms with Gasteiger partial charge in [-0.05, 0) is 48.2 Å². The summed E-state index contributed by atoms with van der Waals surface area (Å²) in [6, 6.07) is 21.6. The second-order valence-corrected chi connectivity index (χ2v) is 9.50. The van der Waals surface area contributed by atoms with Crippen molar-refractivity contribution < 1.29 is 9.59 Å². The first-order chi connectivity index (χ1) is 18.9. The van der Waals surface area contributed by atoms with Crippen molar-refractivity contribution in [2.24, 2.45) is 5.73 Å². The fourth-order valence-electron chi connectivity index (χ4n) is 4.37. The molecular weight excluding hydrogens is 516 g/mol. The molecule has 0 aliphatic rings. The van der Waals surface area contributed by atoms with E-state index in [1.807, 2.05) is 54.6 Å². The molecule has 11 heteroatoms. The number of carbonyl (C=O) groups is 2. The monoisotopic (exact) mass is 542 g/mol. The van der Waals surface area contributed by atoms with E-state index in [0.717, 1.165) is 27.6 Å². The van der Waals surface area contributed by atoms with Gasteiger partial charge in [0.1, 0.15) is 16.7 Å². The Morgan fingerprint density at radius 3 is 2.59 bits per heavy atom. The van der Waals surface area contributed by atoms with Gasteiger partial charge in [0, 0.05) is 23.1 Å². The lowest BCUT2D eigenvalue weighted by Crippen LogP contribution is -2.38. The van der Waals surface area contributed by atoms with Crippen molar-refractivity contribution >= 4 is 40.3 Å². The van der Waals surface area contributed by atoms with Gasteiger partial charge in [0.15, 0.2) is 5.82 Å². The van der Waals surface area contributed by atoms with Crippen LogP contribution in [0.3, 0.4) is 0 Å². The Hall–Kier alpha value is -4.83. The van der Waals surface area contributed by atoms with E-state index >= 15 is 0 Å². The Morgan fingerprint density at radius 1 is 1.00 bits per heavy atom. The van der Waals surface area contributed by atoms with Gasteiger partial charge in [-0.25, -0.2) is 9.78 Å². The van der Waals surface area contributed by atoms with Gasteiger partial charge >= 0.3 is 6.03 Å². The number of imidazole rings is 1. The highest BCUT2D eigenvalue weighted by molar-refractivity contribution is 6.32. The minimum Gasteiger partial charge on any atom is -0.382 e. The van der Waals surface area contributed by atoms with Crippen LogP contribution in [-0.4, -0.2) is 32.1 Å². The lowest BCUT2D eigenvalue weighted by molar-refractivity contribution is 0.1000. The predicted octanol–water partition coefficient (Wildman–Crippen LogP) is 4.46. The molecule has 0 aliphatic carbocycles. The Kier molecular flexibility index (Phi) is 7.46. The van der Waals surface area contributed by atoms with E-state index < -0.39 is 11.9 Å². The van der Waals surface area contributed by atoms with Crippen LogP contribution in [0.5, 0.6) is 0 Å². The summed E-state index contributed by atoms with van der Waals surface area (Å²) in [5.74, 6) is 0.423. The van der Waals surface area contributed by atoms with E-state index in [2.05, 4.69) is 25.8 Å². The number of nitrogen functional groups attached to an aromatic ring is 1. The average Bonchev–Trinajstić information content (AvgIpc) is 3.52. The number of hydrogen-bond acceptors (Lipinski definition) is 5. The van der Waals surface area contributed by atoms with Gasteiger partial charge in [0.05, 0.1) is 11.6 Å². The first-order valence-corrected chi connectivity index (χ1v) is 12.7. The van der Waals surface area contributed by atoms with Gasteiger partial charge in [0.25, 0.3) is 0 Å². The smallest absolute Gasteiger partial charge is 0.315 e. The average molecular weight is 543 g/mol. The molecule has 5 aromatic rings. The SMILES string of the molecule is NC(=O)c1cccc(CNC(=O)N[C@@H](CCc2ccccc2)c2nc(-c3ccc4c(N)n[nH]c4c3)c(Cl)[nH]2)c1. The first-order valence-electron chi connectivity index (χ1n) is 12.3. The highest BCUT2D eigenvalue weighted by atomic mass is 35.5. The van der Waals surface area contributed by atoms with Crippen LogP contribution in [-0.2, 0) is 13.0 Å². The summed E-state index contributed by atoms with van der Waals surface area (Å²) in [5, 5.41) is 14.0. The molecule has 10 nitrogen and oxygen atoms in total. The number of aryl methyl sites for hydroxylation is 1. The summed E-state index contributed by atoms with van der Waals surface area (Å²) in [6.07, 6.45) is 1.29. The number of H-pyrrole nitrogens is 2. The number of nitrogens with two attached hydrogens (primary N) is 2. The van der Waals surface area contributed by atoms with Crippen LogP contribution in [0.2, 0.25) is 5.15 Å². The van der Waals surface area contributed by atoms with E-state index in [-0.39, 0.29) is 12.6 Å². The summed E-state index contributed by atoms with van der Waals surface area (Å²) in [6.45, 7) is 0.218. The molecule has 8 N–H and O–H groups in total. The number of benzene rings is 3. The number of halogens is 1. The second-order valence-electron chi connectivity index (χ2n) is 9.12. The third-order valence-corrected chi connectivity index (χ3v) is 6.68. The van der Waals surface area contributed by atoms with Gasteiger partial charge in [-0.2, -0.15) is 5.10 Å². The van der Waals surface area contributed by atoms with Crippen LogP contribution in [0.15, 0.2) is 72.8 Å². The number of urea groups is 1. The van der Waals surface area contributed by atoms with Crippen LogP contribution in [0.25, 0.3) is 22.2 Å². The summed E-state index contributed by atoms with van der Waals surface area (Å²) < 4.78 is 0. The summed E-state index contributed by atoms with van der Waals surface area (Å²) in [4.78, 5) is 32.3. The number of carbonyl (C=O) groups excluding carboxylic acids is 2. The Bertz CT molecular complexity index is 1630. The zero-order valence-corrected chi connectivity index (χ0v) is 21.6. The van der Waals surface area contributed by atoms with Crippen molar-refractivity contribution in [1.82, 2.24) is 30.8 Å². The number of primary amides is 1. The summed E-state index contributed by atoms with van der Waals surface area (Å²) >= 11 is 6.58. The molecule has 0 unspecified atom stereocenters. The molecule has 5 rings (SSSR count). The third-order valence-electron chi connectivity index (χ3n) is 6.41. The van der Waals surface area contributed by atoms with Crippen molar-refractivity contribution in [3.05, 3.63) is 100 Å². The van der Waals surface area contributed by atoms with Crippen LogP contribution in [0.4, 0.5) is 10.6 Å². The molecule has 0 bridgehead atoms. The molecule has 3 aromatic carbocycles. The number of amides is 3. The van der Waals surface area contributed by atoms with E-state index in [4.69, 9.17) is 28.1 Å². The maximum atomic E-state index is 12.9. The van der Waals surface area contributed by atoms with E-state index in [1.54, 1.807) is 18.2 Å². The van der Waals surface area contributed by atoms with Gasteiger partial charge in [0.2, 0.25) is 5.91 Å². The van der Waals surface area contributed by atoms with Crippen molar-refractivity contribution in [2.75, 3.05) is 5.73 Å². The number of anilines is 1. The molecule has 0 saturated heterocycles. The summed E-state index contributed by atoms with van der Waals surface area (Å²) in [7, 11) is 0. The highest BCUT2D eigenvalue weighted by Gasteiger charge is 2.21. The first kappa shape index (κ1) is 25.8. The van der Waals surface area contributed by atoms with E-state index in [0.29, 0.717) is 40.9 Å². The number of fused-ring (bicyclic) bond motifs is 1.